The zero-order valence-corrected chi connectivity index (χ0v) is 8.90. The lowest BCUT2D eigenvalue weighted by molar-refractivity contribution is -0.120. The van der Waals surface area contributed by atoms with Crippen molar-refractivity contribution in [3.63, 3.8) is 0 Å². The number of carbonyl (C=O) groups is 1. The lowest BCUT2D eigenvalue weighted by atomic mass is 10.2. The summed E-state index contributed by atoms with van der Waals surface area (Å²) in [4.78, 5) is 11.1. The number of aryl methyl sites for hydroxylation is 1. The first-order valence-corrected chi connectivity index (χ1v) is 4.96. The first-order valence-electron chi connectivity index (χ1n) is 4.96. The standard InChI is InChI=1S/C12H14N2O/c1-8-3-4-11-10(7-8)5-6-14(11)9(2)12(13)15/h3-7,9H,1-2H3,(H2,13,15). The maximum Gasteiger partial charge on any atom is 0.240 e. The average Bonchev–Trinajstić information content (AvgIpc) is 2.59. The molecule has 1 unspecified atom stereocenters. The summed E-state index contributed by atoms with van der Waals surface area (Å²) in [6.07, 6.45) is 1.90. The number of aromatic nitrogens is 1. The number of rotatable bonds is 2. The number of fused-ring (bicyclic) bond motifs is 1. The van der Waals surface area contributed by atoms with Crippen LogP contribution in [0, 0.1) is 6.92 Å². The van der Waals surface area contributed by atoms with Crippen LogP contribution in [-0.4, -0.2) is 10.5 Å². The highest BCUT2D eigenvalue weighted by Crippen LogP contribution is 2.20. The molecule has 1 aromatic heterocycles. The molecule has 15 heavy (non-hydrogen) atoms. The Morgan fingerprint density at radius 3 is 2.80 bits per heavy atom. The third-order valence-corrected chi connectivity index (χ3v) is 2.70. The largest absolute Gasteiger partial charge is 0.368 e. The zero-order chi connectivity index (χ0) is 11.0. The van der Waals surface area contributed by atoms with Gasteiger partial charge in [0.25, 0.3) is 0 Å². The number of nitrogens with two attached hydrogens (primary N) is 1. The van der Waals surface area contributed by atoms with E-state index in [1.807, 2.05) is 42.8 Å². The number of benzene rings is 1. The van der Waals surface area contributed by atoms with Crippen molar-refractivity contribution in [1.82, 2.24) is 4.57 Å². The Bertz CT molecular complexity index is 513. The van der Waals surface area contributed by atoms with Crippen LogP contribution in [0.4, 0.5) is 0 Å². The molecule has 1 aromatic carbocycles. The summed E-state index contributed by atoms with van der Waals surface area (Å²) in [5.41, 5.74) is 7.55. The van der Waals surface area contributed by atoms with Crippen LogP contribution in [0.25, 0.3) is 10.9 Å². The summed E-state index contributed by atoms with van der Waals surface area (Å²) < 4.78 is 1.90. The Morgan fingerprint density at radius 1 is 1.40 bits per heavy atom. The monoisotopic (exact) mass is 202 g/mol. The Kier molecular flexibility index (Phi) is 2.23. The Labute approximate surface area is 88.5 Å². The number of amides is 1. The van der Waals surface area contributed by atoms with E-state index in [1.54, 1.807) is 0 Å². The number of primary amides is 1. The van der Waals surface area contributed by atoms with Crippen LogP contribution in [0.1, 0.15) is 18.5 Å². The lowest BCUT2D eigenvalue weighted by Crippen LogP contribution is -2.23. The maximum atomic E-state index is 11.1. The predicted molar refractivity (Wildman–Crippen MR) is 60.6 cm³/mol. The summed E-state index contributed by atoms with van der Waals surface area (Å²) >= 11 is 0. The molecule has 3 nitrogen and oxygen atoms in total. The van der Waals surface area contributed by atoms with Gasteiger partial charge in [0.1, 0.15) is 6.04 Å². The summed E-state index contributed by atoms with van der Waals surface area (Å²) in [6.45, 7) is 3.86. The van der Waals surface area contributed by atoms with E-state index < -0.39 is 0 Å². The molecule has 0 spiro atoms. The Morgan fingerprint density at radius 2 is 2.13 bits per heavy atom. The quantitative estimate of drug-likeness (QED) is 0.795. The van der Waals surface area contributed by atoms with Crippen LogP contribution in [0.2, 0.25) is 0 Å². The number of hydrogen-bond acceptors (Lipinski definition) is 1. The van der Waals surface area contributed by atoms with E-state index in [0.717, 1.165) is 10.9 Å². The number of nitrogens with zero attached hydrogens (tertiary/aromatic N) is 1. The SMILES string of the molecule is Cc1ccc2c(ccn2C(C)C(N)=O)c1. The summed E-state index contributed by atoms with van der Waals surface area (Å²) in [5.74, 6) is -0.312. The first-order chi connectivity index (χ1) is 7.09. The molecular formula is C12H14N2O. The molecule has 0 bridgehead atoms. The lowest BCUT2D eigenvalue weighted by Gasteiger charge is -2.11. The average molecular weight is 202 g/mol. The van der Waals surface area contributed by atoms with Gasteiger partial charge in [-0.25, -0.2) is 0 Å². The van der Waals surface area contributed by atoms with Crippen LogP contribution in [0.5, 0.6) is 0 Å². The molecule has 0 fully saturated rings. The van der Waals surface area contributed by atoms with E-state index in [4.69, 9.17) is 5.73 Å². The highest BCUT2D eigenvalue weighted by Gasteiger charge is 2.12. The van der Waals surface area contributed by atoms with E-state index >= 15 is 0 Å². The Balaban J connectivity index is 2.59. The molecule has 0 aliphatic carbocycles. The molecule has 0 aliphatic heterocycles. The van der Waals surface area contributed by atoms with Gasteiger partial charge in [-0.15, -0.1) is 0 Å². The third kappa shape index (κ3) is 1.61. The van der Waals surface area contributed by atoms with Crippen molar-refractivity contribution in [2.24, 2.45) is 5.73 Å². The van der Waals surface area contributed by atoms with Gasteiger partial charge in [0.15, 0.2) is 0 Å². The highest BCUT2D eigenvalue weighted by molar-refractivity contribution is 5.85. The predicted octanol–water partition coefficient (Wildman–Crippen LogP) is 2.00. The van der Waals surface area contributed by atoms with Crippen molar-refractivity contribution < 1.29 is 4.79 Å². The normalized spacial score (nSPS) is 12.9. The topological polar surface area (TPSA) is 48.0 Å². The molecule has 2 rings (SSSR count). The summed E-state index contributed by atoms with van der Waals surface area (Å²) in [6, 6.07) is 7.85. The molecular weight excluding hydrogens is 188 g/mol. The molecule has 2 aromatic rings. The molecule has 1 atom stereocenters. The van der Waals surface area contributed by atoms with Crippen LogP contribution >= 0.6 is 0 Å². The molecule has 78 valence electrons. The fraction of sp³-hybridized carbons (Fsp3) is 0.250. The zero-order valence-electron chi connectivity index (χ0n) is 8.90. The van der Waals surface area contributed by atoms with Crippen LogP contribution in [0.3, 0.4) is 0 Å². The summed E-state index contributed by atoms with van der Waals surface area (Å²) in [5, 5.41) is 1.14. The van der Waals surface area contributed by atoms with E-state index in [2.05, 4.69) is 6.07 Å². The van der Waals surface area contributed by atoms with Crippen LogP contribution in [-0.2, 0) is 4.79 Å². The van der Waals surface area contributed by atoms with Gasteiger partial charge in [-0.1, -0.05) is 11.6 Å². The first kappa shape index (κ1) is 9.77. The molecule has 0 saturated carbocycles. The molecule has 0 aliphatic rings. The van der Waals surface area contributed by atoms with Crippen molar-refractivity contribution in [3.8, 4) is 0 Å². The van der Waals surface area contributed by atoms with Crippen molar-refractivity contribution in [1.29, 1.82) is 0 Å². The number of hydrogen-bond donors (Lipinski definition) is 1. The second-order valence-corrected chi connectivity index (χ2v) is 3.86. The van der Waals surface area contributed by atoms with Gasteiger partial charge in [0, 0.05) is 11.7 Å². The van der Waals surface area contributed by atoms with Gasteiger partial charge in [-0.3, -0.25) is 4.79 Å². The van der Waals surface area contributed by atoms with E-state index in [0.29, 0.717) is 0 Å². The van der Waals surface area contributed by atoms with Crippen molar-refractivity contribution in [3.05, 3.63) is 36.0 Å². The Hall–Kier alpha value is -1.77. The minimum atomic E-state index is -0.312. The molecule has 1 heterocycles. The fourth-order valence-corrected chi connectivity index (χ4v) is 1.76. The summed E-state index contributed by atoms with van der Waals surface area (Å²) in [7, 11) is 0. The van der Waals surface area contributed by atoms with E-state index in [1.165, 1.54) is 5.56 Å². The van der Waals surface area contributed by atoms with Crippen LogP contribution in [0.15, 0.2) is 30.5 Å². The minimum absolute atomic E-state index is 0.301. The number of carbonyl (C=O) groups excluding carboxylic acids is 1. The highest BCUT2D eigenvalue weighted by atomic mass is 16.1. The van der Waals surface area contributed by atoms with Crippen molar-refractivity contribution in [2.45, 2.75) is 19.9 Å². The molecule has 2 N–H and O–H groups in total. The van der Waals surface area contributed by atoms with Gasteiger partial charge in [-0.2, -0.15) is 0 Å². The molecule has 1 amide bonds. The smallest absolute Gasteiger partial charge is 0.240 e. The van der Waals surface area contributed by atoms with Gasteiger partial charge < -0.3 is 10.3 Å². The van der Waals surface area contributed by atoms with E-state index in [-0.39, 0.29) is 11.9 Å². The fourth-order valence-electron chi connectivity index (χ4n) is 1.76. The maximum absolute atomic E-state index is 11.1. The van der Waals surface area contributed by atoms with Crippen LogP contribution < -0.4 is 5.73 Å². The second-order valence-electron chi connectivity index (χ2n) is 3.86. The second kappa shape index (κ2) is 3.42. The van der Waals surface area contributed by atoms with Crippen molar-refractivity contribution >= 4 is 16.8 Å². The van der Waals surface area contributed by atoms with Gasteiger partial charge in [0.2, 0.25) is 5.91 Å². The van der Waals surface area contributed by atoms with Gasteiger partial charge >= 0.3 is 0 Å². The van der Waals surface area contributed by atoms with Gasteiger partial charge in [0.05, 0.1) is 0 Å². The molecule has 3 heteroatoms. The third-order valence-electron chi connectivity index (χ3n) is 2.70. The van der Waals surface area contributed by atoms with Gasteiger partial charge in [-0.05, 0) is 37.4 Å². The molecule has 0 radical (unpaired) electrons. The molecule has 0 saturated heterocycles. The minimum Gasteiger partial charge on any atom is -0.368 e. The van der Waals surface area contributed by atoms with E-state index in [9.17, 15) is 4.79 Å². The van der Waals surface area contributed by atoms with Crippen molar-refractivity contribution in [2.75, 3.05) is 0 Å².